The van der Waals surface area contributed by atoms with Gasteiger partial charge in [0.15, 0.2) is 0 Å². The molecule has 2 heterocycles. The number of thioether (sulfide) groups is 1. The summed E-state index contributed by atoms with van der Waals surface area (Å²) in [7, 11) is 0. The van der Waals surface area contributed by atoms with Crippen molar-refractivity contribution >= 4 is 29.6 Å². The van der Waals surface area contributed by atoms with Crippen molar-refractivity contribution in [1.82, 2.24) is 15.1 Å². The molecule has 0 saturated carbocycles. The second kappa shape index (κ2) is 6.89. The molecular weight excluding hydrogens is 302 g/mol. The van der Waals surface area contributed by atoms with Crippen LogP contribution in [-0.4, -0.2) is 63.8 Å². The van der Waals surface area contributed by atoms with Crippen molar-refractivity contribution in [3.05, 3.63) is 0 Å². The third-order valence-corrected chi connectivity index (χ3v) is 5.26. The van der Waals surface area contributed by atoms with Crippen LogP contribution >= 0.6 is 11.8 Å². The van der Waals surface area contributed by atoms with Gasteiger partial charge in [-0.1, -0.05) is 0 Å². The highest BCUT2D eigenvalue weighted by atomic mass is 32.2. The summed E-state index contributed by atoms with van der Waals surface area (Å²) < 4.78 is 0. The molecule has 2 aliphatic heterocycles. The van der Waals surface area contributed by atoms with E-state index in [0.717, 1.165) is 25.9 Å². The second-order valence-electron chi connectivity index (χ2n) is 6.41. The van der Waals surface area contributed by atoms with Crippen LogP contribution in [0, 0.1) is 0 Å². The molecule has 0 radical (unpaired) electrons. The van der Waals surface area contributed by atoms with E-state index in [1.807, 2.05) is 11.8 Å². The molecule has 0 aromatic rings. The Hall–Kier alpha value is -1.24. The molecular formula is C15H25N3O3S. The summed E-state index contributed by atoms with van der Waals surface area (Å²) in [5.74, 6) is 0.547. The molecule has 1 unspecified atom stereocenters. The van der Waals surface area contributed by atoms with Gasteiger partial charge in [-0.2, -0.15) is 0 Å². The number of hydrogen-bond acceptors (Lipinski definition) is 4. The highest BCUT2D eigenvalue weighted by molar-refractivity contribution is 8.00. The molecule has 2 aliphatic rings. The molecule has 0 aromatic carbocycles. The van der Waals surface area contributed by atoms with Crippen molar-refractivity contribution in [3.63, 3.8) is 0 Å². The van der Waals surface area contributed by atoms with Gasteiger partial charge >= 0.3 is 6.03 Å². The quantitative estimate of drug-likeness (QED) is 0.776. The number of likely N-dealkylation sites (tertiary alicyclic amines) is 1. The molecule has 1 atom stereocenters. The number of hydrogen-bond donors (Lipinski definition) is 1. The van der Waals surface area contributed by atoms with Crippen molar-refractivity contribution in [1.29, 1.82) is 0 Å². The Balaban J connectivity index is 1.77. The lowest BCUT2D eigenvalue weighted by Gasteiger charge is -2.29. The molecule has 0 spiro atoms. The van der Waals surface area contributed by atoms with E-state index in [2.05, 4.69) is 5.32 Å². The highest BCUT2D eigenvalue weighted by Crippen LogP contribution is 2.20. The zero-order chi connectivity index (χ0) is 16.3. The number of imide groups is 1. The number of urea groups is 1. The topological polar surface area (TPSA) is 69.7 Å². The van der Waals surface area contributed by atoms with E-state index in [-0.39, 0.29) is 23.1 Å². The molecule has 0 bridgehead atoms. The normalized spacial score (nSPS) is 22.7. The zero-order valence-corrected chi connectivity index (χ0v) is 14.4. The Bertz CT molecular complexity index is 461. The predicted octanol–water partition coefficient (Wildman–Crippen LogP) is 1.45. The fourth-order valence-electron chi connectivity index (χ4n) is 2.78. The van der Waals surface area contributed by atoms with Gasteiger partial charge in [0, 0.05) is 25.4 Å². The van der Waals surface area contributed by atoms with Crippen LogP contribution in [-0.2, 0) is 9.59 Å². The molecule has 2 rings (SSSR count). The first-order valence-corrected chi connectivity index (χ1v) is 8.92. The lowest BCUT2D eigenvalue weighted by molar-refractivity contribution is -0.131. The molecule has 7 heteroatoms. The van der Waals surface area contributed by atoms with Gasteiger partial charge in [0.2, 0.25) is 5.91 Å². The molecule has 22 heavy (non-hydrogen) atoms. The largest absolute Gasteiger partial charge is 0.342 e. The summed E-state index contributed by atoms with van der Waals surface area (Å²) in [5.41, 5.74) is -0.822. The van der Waals surface area contributed by atoms with E-state index >= 15 is 0 Å². The monoisotopic (exact) mass is 327 g/mol. The van der Waals surface area contributed by atoms with Crippen LogP contribution in [0.5, 0.6) is 0 Å². The molecule has 2 saturated heterocycles. The van der Waals surface area contributed by atoms with E-state index in [1.54, 1.807) is 13.8 Å². The van der Waals surface area contributed by atoms with Crippen LogP contribution in [0.1, 0.15) is 40.0 Å². The average molecular weight is 327 g/mol. The van der Waals surface area contributed by atoms with Crippen molar-refractivity contribution < 1.29 is 14.4 Å². The van der Waals surface area contributed by atoms with Gasteiger partial charge in [-0.05, 0) is 40.0 Å². The third kappa shape index (κ3) is 3.74. The van der Waals surface area contributed by atoms with E-state index in [0.29, 0.717) is 12.3 Å². The van der Waals surface area contributed by atoms with Crippen LogP contribution < -0.4 is 5.32 Å². The lowest BCUT2D eigenvalue weighted by Crippen LogP contribution is -2.41. The highest BCUT2D eigenvalue weighted by Gasteiger charge is 2.43. The minimum absolute atomic E-state index is 0.133. The summed E-state index contributed by atoms with van der Waals surface area (Å²) in [5, 5.41) is 2.53. The first kappa shape index (κ1) is 17.1. The minimum Gasteiger partial charge on any atom is -0.342 e. The molecule has 6 nitrogen and oxygen atoms in total. The summed E-state index contributed by atoms with van der Waals surface area (Å²) >= 11 is 1.50. The van der Waals surface area contributed by atoms with Crippen molar-refractivity contribution in [3.8, 4) is 0 Å². The Morgan fingerprint density at radius 2 is 1.91 bits per heavy atom. The van der Waals surface area contributed by atoms with Crippen molar-refractivity contribution in [2.75, 3.05) is 25.4 Å². The van der Waals surface area contributed by atoms with Crippen LogP contribution in [0.15, 0.2) is 0 Å². The van der Waals surface area contributed by atoms with Gasteiger partial charge in [-0.15, -0.1) is 11.8 Å². The van der Waals surface area contributed by atoms with E-state index < -0.39 is 5.54 Å². The zero-order valence-electron chi connectivity index (χ0n) is 13.6. The third-order valence-electron chi connectivity index (χ3n) is 4.14. The molecule has 4 amide bonds. The van der Waals surface area contributed by atoms with Gasteiger partial charge in [0.25, 0.3) is 5.91 Å². The Labute approximate surface area is 136 Å². The van der Waals surface area contributed by atoms with Gasteiger partial charge < -0.3 is 10.2 Å². The maximum absolute atomic E-state index is 12.3. The molecule has 1 N–H and O–H groups in total. The van der Waals surface area contributed by atoms with E-state index in [9.17, 15) is 14.4 Å². The number of piperidine rings is 1. The van der Waals surface area contributed by atoms with E-state index in [4.69, 9.17) is 0 Å². The van der Waals surface area contributed by atoms with Gasteiger partial charge in [0.05, 0.1) is 5.25 Å². The number of carbonyl (C=O) groups is 3. The van der Waals surface area contributed by atoms with Gasteiger partial charge in [-0.3, -0.25) is 14.5 Å². The van der Waals surface area contributed by atoms with Crippen LogP contribution in [0.2, 0.25) is 0 Å². The minimum atomic E-state index is -0.822. The maximum atomic E-state index is 12.3. The number of nitrogens with one attached hydrogen (secondary N) is 1. The Morgan fingerprint density at radius 1 is 1.27 bits per heavy atom. The molecule has 0 aliphatic carbocycles. The number of carbonyl (C=O) groups excluding carboxylic acids is 3. The van der Waals surface area contributed by atoms with E-state index in [1.165, 1.54) is 23.1 Å². The van der Waals surface area contributed by atoms with Crippen molar-refractivity contribution in [2.24, 2.45) is 0 Å². The number of amides is 4. The summed E-state index contributed by atoms with van der Waals surface area (Å²) in [6, 6.07) is -0.342. The molecule has 2 fully saturated rings. The molecule has 0 aromatic heterocycles. The van der Waals surface area contributed by atoms with Crippen LogP contribution in [0.25, 0.3) is 0 Å². The smallest absolute Gasteiger partial charge is 0.325 e. The fraction of sp³-hybridized carbons (Fsp3) is 0.800. The summed E-state index contributed by atoms with van der Waals surface area (Å²) in [6.45, 7) is 7.34. The van der Waals surface area contributed by atoms with Crippen LogP contribution in [0.3, 0.4) is 0 Å². The van der Waals surface area contributed by atoms with Gasteiger partial charge in [0.1, 0.15) is 5.54 Å². The Morgan fingerprint density at radius 3 is 2.45 bits per heavy atom. The predicted molar refractivity (Wildman–Crippen MR) is 86.7 cm³/mol. The second-order valence-corrected chi connectivity index (χ2v) is 7.86. The SMILES string of the molecule is CC(SCCN1C(=O)NC(C)(C)C1=O)C(=O)N1CCCCC1. The maximum Gasteiger partial charge on any atom is 0.325 e. The first-order valence-electron chi connectivity index (χ1n) is 7.87. The van der Waals surface area contributed by atoms with Crippen LogP contribution in [0.4, 0.5) is 4.79 Å². The fourth-order valence-corrected chi connectivity index (χ4v) is 3.72. The average Bonchev–Trinajstić information content (AvgIpc) is 2.68. The standard InChI is InChI=1S/C15H25N3O3S/c1-11(12(19)17-7-5-4-6-8-17)22-10-9-18-13(20)15(2,3)16-14(18)21/h11H,4-10H2,1-3H3,(H,16,21). The number of nitrogens with zero attached hydrogens (tertiary/aromatic N) is 2. The first-order chi connectivity index (χ1) is 10.3. The van der Waals surface area contributed by atoms with Crippen molar-refractivity contribution in [2.45, 2.75) is 50.8 Å². The summed E-state index contributed by atoms with van der Waals surface area (Å²) in [6.07, 6.45) is 3.37. The number of rotatable bonds is 5. The molecule has 124 valence electrons. The summed E-state index contributed by atoms with van der Waals surface area (Å²) in [4.78, 5) is 39.3. The lowest BCUT2D eigenvalue weighted by atomic mass is 10.1. The van der Waals surface area contributed by atoms with Gasteiger partial charge in [-0.25, -0.2) is 4.79 Å². The Kier molecular flexibility index (Phi) is 5.36.